The minimum atomic E-state index is -3.94. The Bertz CT molecular complexity index is 1170. The Balaban J connectivity index is 1.89. The molecule has 0 radical (unpaired) electrons. The number of unbranched alkanes of at least 4 members (excludes halogenated alkanes) is 1. The molecule has 0 aliphatic carbocycles. The number of sulfonamides is 1. The molecule has 1 saturated heterocycles. The first-order valence-electron chi connectivity index (χ1n) is 10.7. The summed E-state index contributed by atoms with van der Waals surface area (Å²) >= 11 is 1.04. The highest BCUT2D eigenvalue weighted by atomic mass is 32.2. The van der Waals surface area contributed by atoms with Crippen molar-refractivity contribution in [1.82, 2.24) is 4.90 Å². The summed E-state index contributed by atoms with van der Waals surface area (Å²) in [5, 5.41) is 0.140. The van der Waals surface area contributed by atoms with Gasteiger partial charge in [-0.3, -0.25) is 9.69 Å². The van der Waals surface area contributed by atoms with Gasteiger partial charge in [0.05, 0.1) is 23.5 Å². The molecule has 1 fully saturated rings. The van der Waals surface area contributed by atoms with E-state index in [4.69, 9.17) is 9.47 Å². The van der Waals surface area contributed by atoms with Crippen LogP contribution in [-0.4, -0.2) is 44.7 Å². The number of benzene rings is 2. The number of likely N-dealkylation sites (N-methyl/N-ethyl adjacent to an activating group) is 1. The predicted octanol–water partition coefficient (Wildman–Crippen LogP) is 4.86. The summed E-state index contributed by atoms with van der Waals surface area (Å²) in [6, 6.07) is 11.9. The van der Waals surface area contributed by atoms with Gasteiger partial charge in [-0.15, -0.1) is 4.40 Å². The maximum atomic E-state index is 12.9. The average molecular weight is 489 g/mol. The fraction of sp³-hybridized carbons (Fsp3) is 0.333. The lowest BCUT2D eigenvalue weighted by Crippen LogP contribution is -2.29. The molecule has 1 aliphatic rings. The van der Waals surface area contributed by atoms with Crippen molar-refractivity contribution < 1.29 is 22.7 Å². The molecule has 7 nitrogen and oxygen atoms in total. The zero-order chi connectivity index (χ0) is 24.0. The normalized spacial score (nSPS) is 16.6. The first-order chi connectivity index (χ1) is 15.8. The van der Waals surface area contributed by atoms with E-state index in [2.05, 4.69) is 11.3 Å². The lowest BCUT2D eigenvalue weighted by Gasteiger charge is -2.12. The molecular weight excluding hydrogens is 460 g/mol. The fourth-order valence-electron chi connectivity index (χ4n) is 3.09. The van der Waals surface area contributed by atoms with E-state index in [0.29, 0.717) is 29.6 Å². The molecule has 0 saturated carbocycles. The summed E-state index contributed by atoms with van der Waals surface area (Å²) in [5.41, 5.74) is 1.69. The van der Waals surface area contributed by atoms with Gasteiger partial charge in [0.2, 0.25) is 0 Å². The second kappa shape index (κ2) is 10.9. The highest BCUT2D eigenvalue weighted by Crippen LogP contribution is 2.35. The first-order valence-corrected chi connectivity index (χ1v) is 13.0. The van der Waals surface area contributed by atoms with Crippen LogP contribution in [0, 0.1) is 6.92 Å². The summed E-state index contributed by atoms with van der Waals surface area (Å²) in [7, 11) is -2.38. The number of amides is 1. The van der Waals surface area contributed by atoms with Crippen molar-refractivity contribution in [2.75, 3.05) is 20.3 Å². The summed E-state index contributed by atoms with van der Waals surface area (Å²) in [4.78, 5) is 14.8. The van der Waals surface area contributed by atoms with Crippen LogP contribution in [-0.2, 0) is 14.8 Å². The van der Waals surface area contributed by atoms with Crippen molar-refractivity contribution in [2.45, 2.75) is 38.5 Å². The van der Waals surface area contributed by atoms with Crippen LogP contribution in [0.15, 0.2) is 56.7 Å². The Morgan fingerprint density at radius 3 is 2.45 bits per heavy atom. The minimum absolute atomic E-state index is 0.0885. The number of amidine groups is 1. The Kier molecular flexibility index (Phi) is 8.20. The molecule has 0 bridgehead atoms. The zero-order valence-corrected chi connectivity index (χ0v) is 20.8. The van der Waals surface area contributed by atoms with Gasteiger partial charge < -0.3 is 9.47 Å². The van der Waals surface area contributed by atoms with Crippen LogP contribution in [0.4, 0.5) is 0 Å². The highest BCUT2D eigenvalue weighted by Gasteiger charge is 2.34. The van der Waals surface area contributed by atoms with Crippen LogP contribution in [0.25, 0.3) is 6.08 Å². The zero-order valence-electron chi connectivity index (χ0n) is 19.2. The number of carbonyl (C=O) groups excluding carboxylic acids is 1. The standard InChI is InChI=1S/C24H28N2O5S2/c1-5-7-14-31-20-13-10-18(15-21(20)30-4)16-22-23(27)26(6-2)24(32-22)25-33(28,29)19-11-8-17(3)9-12-19/h8-13,15-16H,5-7,14H2,1-4H3/b22-16-,25-24-. The molecular formula is C24H28N2O5S2. The van der Waals surface area contributed by atoms with Gasteiger partial charge in [-0.25, -0.2) is 0 Å². The van der Waals surface area contributed by atoms with E-state index >= 15 is 0 Å². The molecule has 2 aromatic carbocycles. The van der Waals surface area contributed by atoms with E-state index in [1.807, 2.05) is 13.0 Å². The van der Waals surface area contributed by atoms with Gasteiger partial charge in [0.15, 0.2) is 16.7 Å². The first kappa shape index (κ1) is 24.9. The van der Waals surface area contributed by atoms with E-state index < -0.39 is 10.0 Å². The van der Waals surface area contributed by atoms with Crippen molar-refractivity contribution in [3.63, 3.8) is 0 Å². The molecule has 1 heterocycles. The van der Waals surface area contributed by atoms with Crippen molar-refractivity contribution in [1.29, 1.82) is 0 Å². The maximum Gasteiger partial charge on any atom is 0.284 e. The van der Waals surface area contributed by atoms with Gasteiger partial charge in [0.1, 0.15) is 0 Å². The quantitative estimate of drug-likeness (QED) is 0.370. The van der Waals surface area contributed by atoms with E-state index in [0.717, 1.165) is 35.7 Å². The number of hydrogen-bond acceptors (Lipinski definition) is 6. The molecule has 1 amide bonds. The SMILES string of the molecule is CCCCOc1ccc(/C=C2\S/C(=N\S(=O)(=O)c3ccc(C)cc3)N(CC)C2=O)cc1OC. The molecule has 3 rings (SSSR count). The van der Waals surface area contributed by atoms with Crippen molar-refractivity contribution in [2.24, 2.45) is 4.40 Å². The molecule has 9 heteroatoms. The van der Waals surface area contributed by atoms with Gasteiger partial charge in [-0.1, -0.05) is 37.1 Å². The Hall–Kier alpha value is -2.78. The molecule has 0 unspecified atom stereocenters. The van der Waals surface area contributed by atoms with Crippen LogP contribution in [0.1, 0.15) is 37.8 Å². The van der Waals surface area contributed by atoms with Crippen LogP contribution < -0.4 is 9.47 Å². The third kappa shape index (κ3) is 5.97. The van der Waals surface area contributed by atoms with Crippen LogP contribution in [0.2, 0.25) is 0 Å². The molecule has 176 valence electrons. The summed E-state index contributed by atoms with van der Waals surface area (Å²) in [6.07, 6.45) is 3.68. The van der Waals surface area contributed by atoms with Crippen LogP contribution >= 0.6 is 11.8 Å². The van der Waals surface area contributed by atoms with Gasteiger partial charge in [0, 0.05) is 6.54 Å². The number of nitrogens with zero attached hydrogens (tertiary/aromatic N) is 2. The maximum absolute atomic E-state index is 12.9. The fourth-order valence-corrected chi connectivity index (χ4v) is 5.34. The third-order valence-electron chi connectivity index (χ3n) is 4.96. The number of hydrogen-bond donors (Lipinski definition) is 0. The van der Waals surface area contributed by atoms with Gasteiger partial charge in [0.25, 0.3) is 15.9 Å². The van der Waals surface area contributed by atoms with E-state index in [1.165, 1.54) is 17.0 Å². The lowest BCUT2D eigenvalue weighted by molar-refractivity contribution is -0.122. The number of ether oxygens (including phenoxy) is 2. The number of carbonyl (C=O) groups is 1. The van der Waals surface area contributed by atoms with Crippen LogP contribution in [0.5, 0.6) is 11.5 Å². The Labute approximate surface area is 199 Å². The van der Waals surface area contributed by atoms with Crippen molar-refractivity contribution >= 4 is 38.9 Å². The topological polar surface area (TPSA) is 85.3 Å². The lowest BCUT2D eigenvalue weighted by atomic mass is 10.2. The van der Waals surface area contributed by atoms with Crippen LogP contribution in [0.3, 0.4) is 0 Å². The van der Waals surface area contributed by atoms with Gasteiger partial charge >= 0.3 is 0 Å². The van der Waals surface area contributed by atoms with E-state index in [1.54, 1.807) is 44.4 Å². The van der Waals surface area contributed by atoms with E-state index in [9.17, 15) is 13.2 Å². The number of aryl methyl sites for hydroxylation is 1. The highest BCUT2D eigenvalue weighted by molar-refractivity contribution is 8.19. The number of methoxy groups -OCH3 is 1. The molecule has 0 spiro atoms. The van der Waals surface area contributed by atoms with Crippen molar-refractivity contribution in [3.8, 4) is 11.5 Å². The van der Waals surface area contributed by atoms with Gasteiger partial charge in [-0.05, 0) is 67.9 Å². The average Bonchev–Trinajstić information content (AvgIpc) is 3.08. The molecule has 0 aromatic heterocycles. The Morgan fingerprint density at radius 2 is 1.82 bits per heavy atom. The molecule has 0 atom stereocenters. The summed E-state index contributed by atoms with van der Waals surface area (Å²) < 4.78 is 40.7. The number of rotatable bonds is 9. The predicted molar refractivity (Wildman–Crippen MR) is 132 cm³/mol. The van der Waals surface area contributed by atoms with Crippen molar-refractivity contribution in [3.05, 3.63) is 58.5 Å². The number of thioether (sulfide) groups is 1. The minimum Gasteiger partial charge on any atom is -0.493 e. The summed E-state index contributed by atoms with van der Waals surface area (Å²) in [5.74, 6) is 0.918. The van der Waals surface area contributed by atoms with Gasteiger partial charge in [-0.2, -0.15) is 8.42 Å². The molecule has 0 N–H and O–H groups in total. The Morgan fingerprint density at radius 1 is 1.09 bits per heavy atom. The molecule has 33 heavy (non-hydrogen) atoms. The van der Waals surface area contributed by atoms with E-state index in [-0.39, 0.29) is 16.0 Å². The monoisotopic (exact) mass is 488 g/mol. The second-order valence-corrected chi connectivity index (χ2v) is 10.0. The smallest absolute Gasteiger partial charge is 0.284 e. The molecule has 2 aromatic rings. The third-order valence-corrected chi connectivity index (χ3v) is 7.37. The molecule has 1 aliphatic heterocycles. The second-order valence-electron chi connectivity index (χ2n) is 7.43. The summed E-state index contributed by atoms with van der Waals surface area (Å²) in [6.45, 7) is 6.65. The largest absolute Gasteiger partial charge is 0.493 e.